The molecule has 0 aliphatic carbocycles. The molecule has 1 unspecified atom stereocenters. The van der Waals surface area contributed by atoms with Gasteiger partial charge in [-0.1, -0.05) is 54.6 Å². The van der Waals surface area contributed by atoms with Crippen molar-refractivity contribution in [2.24, 2.45) is 0 Å². The smallest absolute Gasteiger partial charge is 0.217 e. The van der Waals surface area contributed by atoms with Crippen LogP contribution in [0.4, 0.5) is 0 Å². The number of benzene rings is 4. The molecule has 25 heavy (non-hydrogen) atoms. The standard InChI is InChI=1S/C21H19NO3/c23-12-2-5-18(22(24)25)13-17-9-8-16-7-6-14-3-1-4-15-10-11-19(17)21(16)20(14)15/h1,3-4,6-11,18,23H,2,5,12-13H2. The van der Waals surface area contributed by atoms with Crippen LogP contribution in [0.3, 0.4) is 0 Å². The minimum Gasteiger partial charge on any atom is -0.396 e. The topological polar surface area (TPSA) is 63.4 Å². The second-order valence-corrected chi connectivity index (χ2v) is 6.59. The SMILES string of the molecule is O=[N+]([O-])C(CCCO)Cc1ccc2ccc3cccc4ccc1c2c34. The maximum Gasteiger partial charge on any atom is 0.217 e. The Balaban J connectivity index is 1.88. The van der Waals surface area contributed by atoms with E-state index in [4.69, 9.17) is 5.11 Å². The molecule has 4 nitrogen and oxygen atoms in total. The van der Waals surface area contributed by atoms with E-state index < -0.39 is 6.04 Å². The molecule has 0 amide bonds. The molecule has 0 fully saturated rings. The summed E-state index contributed by atoms with van der Waals surface area (Å²) in [5, 5.41) is 27.5. The van der Waals surface area contributed by atoms with E-state index in [0.717, 1.165) is 16.3 Å². The number of rotatable bonds is 6. The third-order valence-corrected chi connectivity index (χ3v) is 5.07. The molecule has 0 saturated heterocycles. The summed E-state index contributed by atoms with van der Waals surface area (Å²) in [5.74, 6) is 0. The largest absolute Gasteiger partial charge is 0.396 e. The van der Waals surface area contributed by atoms with Crippen molar-refractivity contribution in [3.05, 3.63) is 70.3 Å². The zero-order chi connectivity index (χ0) is 17.4. The Bertz CT molecular complexity index is 1040. The van der Waals surface area contributed by atoms with Crippen LogP contribution in [0.5, 0.6) is 0 Å². The summed E-state index contributed by atoms with van der Waals surface area (Å²) in [7, 11) is 0. The molecule has 1 atom stereocenters. The average Bonchev–Trinajstić information content (AvgIpc) is 2.63. The zero-order valence-electron chi connectivity index (χ0n) is 13.8. The van der Waals surface area contributed by atoms with E-state index in [2.05, 4.69) is 48.5 Å². The number of aliphatic hydroxyl groups is 1. The molecule has 1 N–H and O–H groups in total. The van der Waals surface area contributed by atoms with Crippen LogP contribution < -0.4 is 0 Å². The van der Waals surface area contributed by atoms with Gasteiger partial charge in [-0.05, 0) is 44.3 Å². The van der Waals surface area contributed by atoms with E-state index in [1.807, 2.05) is 6.07 Å². The molecule has 0 radical (unpaired) electrons. The van der Waals surface area contributed by atoms with Crippen LogP contribution in [0, 0.1) is 10.1 Å². The molecule has 4 aromatic rings. The highest BCUT2D eigenvalue weighted by molar-refractivity contribution is 6.23. The Morgan fingerprint density at radius 2 is 1.56 bits per heavy atom. The first-order chi connectivity index (χ1) is 12.2. The summed E-state index contributed by atoms with van der Waals surface area (Å²) in [5.41, 5.74) is 1.00. The first-order valence-corrected chi connectivity index (χ1v) is 8.59. The molecule has 0 saturated carbocycles. The fraction of sp³-hybridized carbons (Fsp3) is 0.238. The molecule has 4 rings (SSSR count). The summed E-state index contributed by atoms with van der Waals surface area (Å²) in [6.45, 7) is -0.0111. The molecule has 0 aliphatic rings. The summed E-state index contributed by atoms with van der Waals surface area (Å²) in [6, 6.07) is 18.1. The van der Waals surface area contributed by atoms with Crippen LogP contribution in [0.2, 0.25) is 0 Å². The minimum absolute atomic E-state index is 0.0111. The third-order valence-electron chi connectivity index (χ3n) is 5.07. The number of aliphatic hydroxyl groups excluding tert-OH is 1. The van der Waals surface area contributed by atoms with Crippen LogP contribution in [-0.2, 0) is 6.42 Å². The first-order valence-electron chi connectivity index (χ1n) is 8.59. The normalized spacial score (nSPS) is 13.0. The van der Waals surface area contributed by atoms with Gasteiger partial charge in [0.05, 0.1) is 0 Å². The molecule has 0 aromatic heterocycles. The van der Waals surface area contributed by atoms with Crippen LogP contribution in [0.1, 0.15) is 18.4 Å². The lowest BCUT2D eigenvalue weighted by molar-refractivity contribution is -0.523. The molecule has 0 aliphatic heterocycles. The van der Waals surface area contributed by atoms with Gasteiger partial charge in [0.1, 0.15) is 0 Å². The number of nitro groups is 1. The molecule has 4 heteroatoms. The average molecular weight is 333 g/mol. The van der Waals surface area contributed by atoms with Gasteiger partial charge >= 0.3 is 0 Å². The summed E-state index contributed by atoms with van der Waals surface area (Å²) >= 11 is 0. The highest BCUT2D eigenvalue weighted by Crippen LogP contribution is 2.36. The highest BCUT2D eigenvalue weighted by Gasteiger charge is 2.22. The second-order valence-electron chi connectivity index (χ2n) is 6.59. The molecular weight excluding hydrogens is 314 g/mol. The van der Waals surface area contributed by atoms with Crippen molar-refractivity contribution >= 4 is 32.3 Å². The Morgan fingerprint density at radius 1 is 0.920 bits per heavy atom. The molecule has 126 valence electrons. The van der Waals surface area contributed by atoms with Crippen molar-refractivity contribution in [2.45, 2.75) is 25.3 Å². The van der Waals surface area contributed by atoms with E-state index in [-0.39, 0.29) is 11.5 Å². The zero-order valence-corrected chi connectivity index (χ0v) is 13.8. The Labute approximate surface area is 145 Å². The maximum absolute atomic E-state index is 11.4. The second kappa shape index (κ2) is 6.30. The molecule has 0 bridgehead atoms. The molecule has 0 heterocycles. The Hall–Kier alpha value is -2.72. The van der Waals surface area contributed by atoms with E-state index >= 15 is 0 Å². The van der Waals surface area contributed by atoms with Crippen molar-refractivity contribution in [1.82, 2.24) is 0 Å². The van der Waals surface area contributed by atoms with Crippen LogP contribution >= 0.6 is 0 Å². The Morgan fingerprint density at radius 3 is 2.24 bits per heavy atom. The summed E-state index contributed by atoms with van der Waals surface area (Å²) in [4.78, 5) is 11.2. The molecule has 0 spiro atoms. The van der Waals surface area contributed by atoms with Gasteiger partial charge in [-0.15, -0.1) is 0 Å². The maximum atomic E-state index is 11.4. The fourth-order valence-electron chi connectivity index (χ4n) is 3.84. The van der Waals surface area contributed by atoms with Gasteiger partial charge in [0, 0.05) is 24.4 Å². The number of hydrogen-bond acceptors (Lipinski definition) is 3. The van der Waals surface area contributed by atoms with E-state index in [1.54, 1.807) is 0 Å². The number of hydrogen-bond donors (Lipinski definition) is 1. The van der Waals surface area contributed by atoms with Crippen molar-refractivity contribution in [2.75, 3.05) is 6.61 Å². The predicted octanol–water partition coefficient (Wildman–Crippen LogP) is 4.54. The van der Waals surface area contributed by atoms with Crippen molar-refractivity contribution in [3.8, 4) is 0 Å². The molecular formula is C21H19NO3. The van der Waals surface area contributed by atoms with Crippen molar-refractivity contribution in [3.63, 3.8) is 0 Å². The summed E-state index contributed by atoms with van der Waals surface area (Å²) < 4.78 is 0. The monoisotopic (exact) mass is 333 g/mol. The van der Waals surface area contributed by atoms with E-state index in [1.165, 1.54) is 21.5 Å². The van der Waals surface area contributed by atoms with Crippen molar-refractivity contribution < 1.29 is 10.0 Å². The third kappa shape index (κ3) is 2.68. The predicted molar refractivity (Wildman–Crippen MR) is 101 cm³/mol. The van der Waals surface area contributed by atoms with E-state index in [0.29, 0.717) is 19.3 Å². The van der Waals surface area contributed by atoms with Crippen molar-refractivity contribution in [1.29, 1.82) is 0 Å². The lowest BCUT2D eigenvalue weighted by Crippen LogP contribution is -2.22. The minimum atomic E-state index is -0.661. The van der Waals surface area contributed by atoms with Gasteiger partial charge in [0.25, 0.3) is 0 Å². The fourth-order valence-corrected chi connectivity index (χ4v) is 3.84. The van der Waals surface area contributed by atoms with Gasteiger partial charge in [0.2, 0.25) is 6.04 Å². The lowest BCUT2D eigenvalue weighted by Gasteiger charge is -2.15. The molecule has 4 aromatic carbocycles. The van der Waals surface area contributed by atoms with E-state index in [9.17, 15) is 10.1 Å². The lowest BCUT2D eigenvalue weighted by atomic mass is 9.90. The quantitative estimate of drug-likeness (QED) is 0.320. The van der Waals surface area contributed by atoms with Gasteiger partial charge in [-0.2, -0.15) is 0 Å². The van der Waals surface area contributed by atoms with Gasteiger partial charge < -0.3 is 5.11 Å². The van der Waals surface area contributed by atoms with Gasteiger partial charge in [-0.25, -0.2) is 0 Å². The van der Waals surface area contributed by atoms with Gasteiger partial charge in [-0.3, -0.25) is 10.1 Å². The van der Waals surface area contributed by atoms with Crippen LogP contribution in [0.25, 0.3) is 32.3 Å². The van der Waals surface area contributed by atoms with Crippen LogP contribution in [-0.4, -0.2) is 22.7 Å². The highest BCUT2D eigenvalue weighted by atomic mass is 16.6. The van der Waals surface area contributed by atoms with Crippen LogP contribution in [0.15, 0.2) is 54.6 Å². The first kappa shape index (κ1) is 15.8. The Kier molecular flexibility index (Phi) is 3.98. The number of nitrogens with zero attached hydrogens (tertiary/aromatic N) is 1. The summed E-state index contributed by atoms with van der Waals surface area (Å²) in [6.07, 6.45) is 1.24. The van der Waals surface area contributed by atoms with Gasteiger partial charge in [0.15, 0.2) is 0 Å².